The lowest BCUT2D eigenvalue weighted by Gasteiger charge is -2.06. The van der Waals surface area contributed by atoms with E-state index in [0.29, 0.717) is 0 Å². The highest BCUT2D eigenvalue weighted by atomic mass is 32.1. The quantitative estimate of drug-likeness (QED) is 0.436. The standard InChI is InChI=1S/C23H21N3O2S/c1-27-17-10-6-15(7-11-17)20-21(16-8-12-18(28-2)13-9-16)26-23(25-20)22(29)19-5-3-4-14-24-19/h3-14,22,29H,1-2H3,(H,25,26). The number of nitrogens with one attached hydrogen (secondary N) is 1. The molecule has 2 heterocycles. The zero-order chi connectivity index (χ0) is 20.2. The third kappa shape index (κ3) is 3.98. The van der Waals surface area contributed by atoms with Crippen molar-refractivity contribution in [1.29, 1.82) is 0 Å². The molecule has 0 bridgehead atoms. The predicted octanol–water partition coefficient (Wildman–Crippen LogP) is 5.18. The number of aromatic nitrogens is 3. The number of rotatable bonds is 6. The smallest absolute Gasteiger partial charge is 0.126 e. The van der Waals surface area contributed by atoms with Crippen LogP contribution in [0.5, 0.6) is 11.5 Å². The lowest BCUT2D eigenvalue weighted by Crippen LogP contribution is -1.98. The second kappa shape index (κ2) is 8.41. The number of hydrogen-bond donors (Lipinski definition) is 2. The molecular formula is C23H21N3O2S. The predicted molar refractivity (Wildman–Crippen MR) is 118 cm³/mol. The van der Waals surface area contributed by atoms with Gasteiger partial charge in [0.2, 0.25) is 0 Å². The van der Waals surface area contributed by atoms with E-state index in [2.05, 4.69) is 9.97 Å². The average Bonchev–Trinajstić information content (AvgIpc) is 3.24. The summed E-state index contributed by atoms with van der Waals surface area (Å²) in [5, 5.41) is -0.264. The molecule has 0 radical (unpaired) electrons. The van der Waals surface area contributed by atoms with Gasteiger partial charge in [-0.1, -0.05) is 6.07 Å². The molecule has 1 atom stereocenters. The van der Waals surface area contributed by atoms with Crippen LogP contribution in [0.15, 0.2) is 72.9 Å². The molecule has 2 aromatic carbocycles. The molecule has 0 saturated heterocycles. The van der Waals surface area contributed by atoms with Crippen LogP contribution in [0, 0.1) is 0 Å². The summed E-state index contributed by atoms with van der Waals surface area (Å²) < 4.78 is 10.6. The van der Waals surface area contributed by atoms with Crippen LogP contribution in [-0.2, 0) is 0 Å². The monoisotopic (exact) mass is 403 g/mol. The third-order valence-electron chi connectivity index (χ3n) is 4.69. The molecular weight excluding hydrogens is 382 g/mol. The minimum Gasteiger partial charge on any atom is -0.497 e. The molecule has 0 fully saturated rings. The van der Waals surface area contributed by atoms with Gasteiger partial charge in [-0.15, -0.1) is 0 Å². The van der Waals surface area contributed by atoms with Crippen LogP contribution in [0.3, 0.4) is 0 Å². The lowest BCUT2D eigenvalue weighted by atomic mass is 10.0. The van der Waals surface area contributed by atoms with Crippen LogP contribution in [0.4, 0.5) is 0 Å². The molecule has 4 aromatic rings. The van der Waals surface area contributed by atoms with Crippen LogP contribution in [0.2, 0.25) is 0 Å². The molecule has 0 aliphatic heterocycles. The fourth-order valence-corrected chi connectivity index (χ4v) is 3.40. The molecule has 5 nitrogen and oxygen atoms in total. The number of imidazole rings is 1. The number of methoxy groups -OCH3 is 2. The Bertz CT molecular complexity index is 1010. The molecule has 0 aliphatic rings. The van der Waals surface area contributed by atoms with Crippen molar-refractivity contribution in [3.63, 3.8) is 0 Å². The van der Waals surface area contributed by atoms with Crippen LogP contribution in [0.25, 0.3) is 22.5 Å². The Balaban J connectivity index is 1.81. The van der Waals surface area contributed by atoms with E-state index in [0.717, 1.165) is 45.5 Å². The Hall–Kier alpha value is -3.25. The molecule has 0 aliphatic carbocycles. The number of thiol groups is 1. The van der Waals surface area contributed by atoms with Crippen LogP contribution in [0.1, 0.15) is 16.8 Å². The first-order chi connectivity index (χ1) is 14.2. The number of hydrogen-bond acceptors (Lipinski definition) is 5. The van der Waals surface area contributed by atoms with Crippen molar-refractivity contribution < 1.29 is 9.47 Å². The van der Waals surface area contributed by atoms with Crippen molar-refractivity contribution in [3.05, 3.63) is 84.4 Å². The zero-order valence-electron chi connectivity index (χ0n) is 16.2. The molecule has 0 amide bonds. The van der Waals surface area contributed by atoms with E-state index in [4.69, 9.17) is 27.1 Å². The van der Waals surface area contributed by atoms with E-state index in [1.54, 1.807) is 20.4 Å². The van der Waals surface area contributed by atoms with Crippen LogP contribution < -0.4 is 9.47 Å². The Labute approximate surface area is 175 Å². The van der Waals surface area contributed by atoms with Crippen molar-refractivity contribution in [2.24, 2.45) is 0 Å². The Morgan fingerprint density at radius 3 is 2.00 bits per heavy atom. The maximum absolute atomic E-state index is 5.29. The molecule has 4 rings (SSSR count). The maximum Gasteiger partial charge on any atom is 0.126 e. The summed E-state index contributed by atoms with van der Waals surface area (Å²) in [5.74, 6) is 2.35. The largest absolute Gasteiger partial charge is 0.497 e. The number of aromatic amines is 1. The second-order valence-electron chi connectivity index (χ2n) is 6.46. The Morgan fingerprint density at radius 2 is 1.45 bits per heavy atom. The van der Waals surface area contributed by atoms with E-state index in [-0.39, 0.29) is 5.25 Å². The van der Waals surface area contributed by atoms with Crippen molar-refractivity contribution in [2.75, 3.05) is 14.2 Å². The van der Waals surface area contributed by atoms with Crippen LogP contribution >= 0.6 is 12.6 Å². The summed E-state index contributed by atoms with van der Waals surface area (Å²) in [6.45, 7) is 0. The maximum atomic E-state index is 5.29. The SMILES string of the molecule is COc1ccc(-c2nc(C(S)c3ccccn3)[nH]c2-c2ccc(OC)cc2)cc1. The summed E-state index contributed by atoms with van der Waals surface area (Å²) in [5.41, 5.74) is 4.61. The van der Waals surface area contributed by atoms with Gasteiger partial charge in [-0.05, 0) is 60.7 Å². The van der Waals surface area contributed by atoms with Gasteiger partial charge in [0, 0.05) is 17.3 Å². The number of ether oxygens (including phenoxy) is 2. The summed E-state index contributed by atoms with van der Waals surface area (Å²) in [7, 11) is 3.31. The molecule has 1 N–H and O–H groups in total. The first-order valence-electron chi connectivity index (χ1n) is 9.17. The zero-order valence-corrected chi connectivity index (χ0v) is 17.1. The van der Waals surface area contributed by atoms with Crippen molar-refractivity contribution in [1.82, 2.24) is 15.0 Å². The van der Waals surface area contributed by atoms with Crippen molar-refractivity contribution in [3.8, 4) is 34.0 Å². The van der Waals surface area contributed by atoms with E-state index in [1.807, 2.05) is 66.7 Å². The third-order valence-corrected chi connectivity index (χ3v) is 5.20. The van der Waals surface area contributed by atoms with E-state index >= 15 is 0 Å². The topological polar surface area (TPSA) is 60.0 Å². The Morgan fingerprint density at radius 1 is 0.828 bits per heavy atom. The van der Waals surface area contributed by atoms with E-state index < -0.39 is 0 Å². The van der Waals surface area contributed by atoms with Gasteiger partial charge in [-0.3, -0.25) is 4.98 Å². The minimum absolute atomic E-state index is 0.264. The number of pyridine rings is 1. The molecule has 2 aromatic heterocycles. The highest BCUT2D eigenvalue weighted by molar-refractivity contribution is 7.80. The van der Waals surface area contributed by atoms with Gasteiger partial charge in [0.15, 0.2) is 0 Å². The lowest BCUT2D eigenvalue weighted by molar-refractivity contribution is 0.414. The van der Waals surface area contributed by atoms with Crippen molar-refractivity contribution in [2.45, 2.75) is 5.25 Å². The fraction of sp³-hybridized carbons (Fsp3) is 0.130. The summed E-state index contributed by atoms with van der Waals surface area (Å²) in [6.07, 6.45) is 1.76. The minimum atomic E-state index is -0.264. The van der Waals surface area contributed by atoms with Crippen LogP contribution in [-0.4, -0.2) is 29.2 Å². The number of nitrogens with zero attached hydrogens (tertiary/aromatic N) is 2. The van der Waals surface area contributed by atoms with Gasteiger partial charge in [-0.2, -0.15) is 12.6 Å². The molecule has 0 spiro atoms. The first-order valence-corrected chi connectivity index (χ1v) is 9.69. The number of benzene rings is 2. The van der Waals surface area contributed by atoms with E-state index in [1.165, 1.54) is 0 Å². The second-order valence-corrected chi connectivity index (χ2v) is 6.98. The normalized spacial score (nSPS) is 11.8. The highest BCUT2D eigenvalue weighted by Crippen LogP contribution is 2.35. The fourth-order valence-electron chi connectivity index (χ4n) is 3.12. The summed E-state index contributed by atoms with van der Waals surface area (Å²) in [6, 6.07) is 21.5. The number of H-pyrrole nitrogens is 1. The molecule has 29 heavy (non-hydrogen) atoms. The van der Waals surface area contributed by atoms with Gasteiger partial charge in [0.05, 0.1) is 31.3 Å². The van der Waals surface area contributed by atoms with Gasteiger partial charge in [0.1, 0.15) is 22.6 Å². The Kier molecular flexibility index (Phi) is 5.53. The van der Waals surface area contributed by atoms with Gasteiger partial charge >= 0.3 is 0 Å². The van der Waals surface area contributed by atoms with E-state index in [9.17, 15) is 0 Å². The average molecular weight is 404 g/mol. The summed E-state index contributed by atoms with van der Waals surface area (Å²) >= 11 is 4.76. The molecule has 146 valence electrons. The summed E-state index contributed by atoms with van der Waals surface area (Å²) in [4.78, 5) is 12.8. The van der Waals surface area contributed by atoms with Gasteiger partial charge < -0.3 is 14.5 Å². The molecule has 1 unspecified atom stereocenters. The first kappa shape index (κ1) is 19.1. The molecule has 0 saturated carbocycles. The highest BCUT2D eigenvalue weighted by Gasteiger charge is 2.20. The van der Waals surface area contributed by atoms with Gasteiger partial charge in [-0.25, -0.2) is 4.98 Å². The molecule has 6 heteroatoms. The van der Waals surface area contributed by atoms with Crippen molar-refractivity contribution >= 4 is 12.6 Å². The van der Waals surface area contributed by atoms with Gasteiger partial charge in [0.25, 0.3) is 0 Å².